The molecule has 4 heterocycles. The normalized spacial score (nSPS) is 24.6. The number of rotatable bonds is 5. The van der Waals surface area contributed by atoms with Gasteiger partial charge >= 0.3 is 0 Å². The summed E-state index contributed by atoms with van der Waals surface area (Å²) in [6.45, 7) is 2.65. The maximum atomic E-state index is 15.2. The van der Waals surface area contributed by atoms with Crippen LogP contribution >= 0.6 is 23.2 Å². The number of hydrogen-bond acceptors (Lipinski definition) is 6. The van der Waals surface area contributed by atoms with E-state index in [9.17, 15) is 0 Å². The van der Waals surface area contributed by atoms with Gasteiger partial charge in [-0.2, -0.15) is 5.10 Å². The zero-order chi connectivity index (χ0) is 21.8. The molecule has 0 spiro atoms. The Morgan fingerprint density at radius 3 is 2.66 bits per heavy atom. The van der Waals surface area contributed by atoms with Crippen molar-refractivity contribution < 1.29 is 9.13 Å². The molecule has 2 saturated heterocycles. The summed E-state index contributed by atoms with van der Waals surface area (Å²) in [5, 5.41) is 9.43. The van der Waals surface area contributed by atoms with Crippen molar-refractivity contribution in [3.8, 4) is 0 Å². The van der Waals surface area contributed by atoms with Crippen molar-refractivity contribution in [2.45, 2.75) is 43.4 Å². The highest BCUT2D eigenvalue weighted by molar-refractivity contribution is 6.32. The number of hydrogen-bond donors (Lipinski definition) is 1. The van der Waals surface area contributed by atoms with E-state index in [2.05, 4.69) is 25.3 Å². The molecule has 1 saturated carbocycles. The maximum Gasteiger partial charge on any atom is 0.227 e. The zero-order valence-corrected chi connectivity index (χ0v) is 18.9. The SMILES string of the molecule is FC1CN(C2COC2)CC[C@H]1c1cc2nc(Nc3cnn(C4CC4)c3Cl)ncc2cc1Cl. The van der Waals surface area contributed by atoms with Gasteiger partial charge in [-0.15, -0.1) is 0 Å². The van der Waals surface area contributed by atoms with Crippen LogP contribution in [-0.2, 0) is 4.74 Å². The van der Waals surface area contributed by atoms with Crippen LogP contribution in [0, 0.1) is 0 Å². The fraction of sp³-hybridized carbons (Fsp3) is 0.500. The lowest BCUT2D eigenvalue weighted by Gasteiger charge is -2.43. The van der Waals surface area contributed by atoms with Crippen LogP contribution in [0.4, 0.5) is 16.0 Å². The molecular weight excluding hydrogens is 454 g/mol. The zero-order valence-electron chi connectivity index (χ0n) is 17.3. The number of benzene rings is 1. The van der Waals surface area contributed by atoms with Gasteiger partial charge in [-0.1, -0.05) is 23.2 Å². The van der Waals surface area contributed by atoms with Crippen LogP contribution in [0.25, 0.3) is 10.9 Å². The molecule has 3 aliphatic rings. The number of halogens is 3. The van der Waals surface area contributed by atoms with Crippen LogP contribution in [0.3, 0.4) is 0 Å². The third-order valence-electron chi connectivity index (χ3n) is 6.68. The molecule has 1 unspecified atom stereocenters. The topological polar surface area (TPSA) is 68.1 Å². The van der Waals surface area contributed by atoms with E-state index in [1.165, 1.54) is 0 Å². The number of piperidine rings is 1. The van der Waals surface area contributed by atoms with Gasteiger partial charge in [0.05, 0.1) is 42.7 Å². The molecule has 168 valence electrons. The van der Waals surface area contributed by atoms with Crippen molar-refractivity contribution in [3.63, 3.8) is 0 Å². The Hall–Kier alpha value is -2.00. The minimum Gasteiger partial charge on any atom is -0.378 e. The fourth-order valence-electron chi connectivity index (χ4n) is 4.58. The first-order valence-corrected chi connectivity index (χ1v) is 11.7. The highest BCUT2D eigenvalue weighted by Crippen LogP contribution is 2.40. The highest BCUT2D eigenvalue weighted by atomic mass is 35.5. The van der Waals surface area contributed by atoms with E-state index < -0.39 is 6.17 Å². The van der Waals surface area contributed by atoms with Crippen LogP contribution in [0.1, 0.15) is 36.8 Å². The Morgan fingerprint density at radius 1 is 1.09 bits per heavy atom. The van der Waals surface area contributed by atoms with E-state index in [-0.39, 0.29) is 5.92 Å². The summed E-state index contributed by atoms with van der Waals surface area (Å²) < 4.78 is 22.2. The molecule has 0 radical (unpaired) electrons. The molecule has 1 aliphatic carbocycles. The van der Waals surface area contributed by atoms with Crippen LogP contribution < -0.4 is 5.32 Å². The predicted octanol–water partition coefficient (Wildman–Crippen LogP) is 4.74. The van der Waals surface area contributed by atoms with E-state index in [0.29, 0.717) is 53.7 Å². The lowest BCUT2D eigenvalue weighted by atomic mass is 9.86. The molecule has 1 aromatic carbocycles. The smallest absolute Gasteiger partial charge is 0.227 e. The van der Waals surface area contributed by atoms with Crippen molar-refractivity contribution >= 4 is 45.7 Å². The Kier molecular flexibility index (Phi) is 5.21. The van der Waals surface area contributed by atoms with Gasteiger partial charge in [0, 0.05) is 29.1 Å². The number of nitrogens with one attached hydrogen (secondary N) is 1. The van der Waals surface area contributed by atoms with Crippen molar-refractivity contribution in [2.75, 3.05) is 31.6 Å². The van der Waals surface area contributed by atoms with Gasteiger partial charge in [-0.3, -0.25) is 4.90 Å². The van der Waals surface area contributed by atoms with Crippen LogP contribution in [0.15, 0.2) is 24.5 Å². The number of likely N-dealkylation sites (tertiary alicyclic amines) is 1. The van der Waals surface area contributed by atoms with E-state index in [1.807, 2.05) is 16.8 Å². The van der Waals surface area contributed by atoms with Crippen molar-refractivity contribution in [1.29, 1.82) is 0 Å². The summed E-state index contributed by atoms with van der Waals surface area (Å²) in [5.74, 6) is 0.168. The third-order valence-corrected chi connectivity index (χ3v) is 7.39. The van der Waals surface area contributed by atoms with Crippen LogP contribution in [-0.4, -0.2) is 63.2 Å². The lowest BCUT2D eigenvalue weighted by molar-refractivity contribution is -0.0806. The van der Waals surface area contributed by atoms with Crippen molar-refractivity contribution in [2.24, 2.45) is 0 Å². The van der Waals surface area contributed by atoms with E-state index in [0.717, 1.165) is 42.3 Å². The van der Waals surface area contributed by atoms with E-state index in [1.54, 1.807) is 12.4 Å². The number of alkyl halides is 1. The molecule has 0 bridgehead atoms. The summed E-state index contributed by atoms with van der Waals surface area (Å²) in [4.78, 5) is 11.2. The molecule has 0 amide bonds. The maximum absolute atomic E-state index is 15.2. The van der Waals surface area contributed by atoms with Crippen molar-refractivity contribution in [3.05, 3.63) is 40.3 Å². The predicted molar refractivity (Wildman–Crippen MR) is 122 cm³/mol. The van der Waals surface area contributed by atoms with E-state index in [4.69, 9.17) is 27.9 Å². The molecule has 2 aliphatic heterocycles. The first kappa shape index (κ1) is 20.6. The average molecular weight is 477 g/mol. The van der Waals surface area contributed by atoms with Crippen molar-refractivity contribution in [1.82, 2.24) is 24.6 Å². The molecule has 1 N–H and O–H groups in total. The quantitative estimate of drug-likeness (QED) is 0.573. The number of nitrogens with zero attached hydrogens (tertiary/aromatic N) is 5. The first-order valence-electron chi connectivity index (χ1n) is 11.0. The first-order chi connectivity index (χ1) is 15.6. The van der Waals surface area contributed by atoms with Gasteiger partial charge in [-0.25, -0.2) is 19.0 Å². The van der Waals surface area contributed by atoms with Gasteiger partial charge in [0.2, 0.25) is 5.95 Å². The largest absolute Gasteiger partial charge is 0.378 e. The third kappa shape index (κ3) is 3.73. The molecule has 2 aromatic heterocycles. The second-order valence-electron chi connectivity index (χ2n) is 8.87. The monoisotopic (exact) mass is 476 g/mol. The lowest BCUT2D eigenvalue weighted by Crippen LogP contribution is -2.54. The van der Waals surface area contributed by atoms with Gasteiger partial charge in [0.1, 0.15) is 6.17 Å². The molecule has 7 nitrogen and oxygen atoms in total. The standard InChI is InChI=1S/C22H23Cl2FN6O/c23-17-5-12-7-26-22(29-20-8-27-31(21(20)24)13-1-2-13)28-19(12)6-16(17)15-3-4-30(9-18(15)25)14-10-32-11-14/h5-8,13-15,18H,1-4,9-11H2,(H,26,28,29)/t15-,18?/m0/s1. The number of anilines is 2. The number of ether oxygens (including phenoxy) is 1. The number of aromatic nitrogens is 4. The molecule has 10 heteroatoms. The molecule has 32 heavy (non-hydrogen) atoms. The molecule has 2 atom stereocenters. The fourth-order valence-corrected chi connectivity index (χ4v) is 5.17. The highest BCUT2D eigenvalue weighted by Gasteiger charge is 2.36. The Bertz CT molecular complexity index is 1160. The van der Waals surface area contributed by atoms with Gasteiger partial charge in [0.25, 0.3) is 0 Å². The Labute approximate surface area is 194 Å². The summed E-state index contributed by atoms with van der Waals surface area (Å²) in [6.07, 6.45) is 5.34. The summed E-state index contributed by atoms with van der Waals surface area (Å²) in [6, 6.07) is 4.46. The number of fused-ring (bicyclic) bond motifs is 1. The molecular formula is C22H23Cl2FN6O. The Balaban J connectivity index is 1.25. The van der Waals surface area contributed by atoms with Crippen LogP contribution in [0.2, 0.25) is 10.2 Å². The van der Waals surface area contributed by atoms with Gasteiger partial charge < -0.3 is 10.1 Å². The van der Waals surface area contributed by atoms with E-state index >= 15 is 4.39 Å². The second kappa shape index (κ2) is 8.09. The van der Waals surface area contributed by atoms with Gasteiger partial charge in [0.15, 0.2) is 5.15 Å². The summed E-state index contributed by atoms with van der Waals surface area (Å²) in [5.41, 5.74) is 2.19. The average Bonchev–Trinajstić information content (AvgIpc) is 3.51. The molecule has 3 aromatic rings. The Morgan fingerprint density at radius 2 is 1.94 bits per heavy atom. The van der Waals surface area contributed by atoms with Gasteiger partial charge in [-0.05, 0) is 43.5 Å². The minimum absolute atomic E-state index is 0.248. The summed E-state index contributed by atoms with van der Waals surface area (Å²) >= 11 is 13.0. The molecule has 3 fully saturated rings. The second-order valence-corrected chi connectivity index (χ2v) is 9.64. The minimum atomic E-state index is -0.981. The van der Waals surface area contributed by atoms with Crippen LogP contribution in [0.5, 0.6) is 0 Å². The summed E-state index contributed by atoms with van der Waals surface area (Å²) in [7, 11) is 0. The molecule has 6 rings (SSSR count).